The quantitative estimate of drug-likeness (QED) is 0.798. The normalized spacial score (nSPS) is 30.6. The van der Waals surface area contributed by atoms with E-state index < -0.39 is 35.3 Å². The summed E-state index contributed by atoms with van der Waals surface area (Å²) in [6.45, 7) is 0.411. The van der Waals surface area contributed by atoms with Crippen molar-refractivity contribution in [1.82, 2.24) is 9.80 Å². The zero-order chi connectivity index (χ0) is 19.5. The Morgan fingerprint density at radius 3 is 2.78 bits per heavy atom. The molecular weight excluding hydrogens is 353 g/mol. The molecule has 1 aromatic rings. The average Bonchev–Trinajstić information content (AvgIpc) is 3.21. The molecule has 4 rings (SSSR count). The number of anilines is 1. The van der Waals surface area contributed by atoms with Crippen molar-refractivity contribution in [3.8, 4) is 0 Å². The Morgan fingerprint density at radius 1 is 1.33 bits per heavy atom. The third-order valence-corrected chi connectivity index (χ3v) is 5.41. The summed E-state index contributed by atoms with van der Waals surface area (Å²) < 4.78 is 19.9. The number of likely N-dealkylation sites (tertiary alicyclic amines) is 1. The predicted octanol–water partition coefficient (Wildman–Crippen LogP) is 0.878. The smallest absolute Gasteiger partial charge is 0.253 e. The Morgan fingerprint density at radius 2 is 2.07 bits per heavy atom. The molecule has 142 valence electrons. The van der Waals surface area contributed by atoms with Gasteiger partial charge in [-0.2, -0.15) is 0 Å². The van der Waals surface area contributed by atoms with Crippen molar-refractivity contribution in [2.75, 3.05) is 33.0 Å². The second kappa shape index (κ2) is 5.88. The molecule has 3 heterocycles. The highest BCUT2D eigenvalue weighted by atomic mass is 19.1. The van der Waals surface area contributed by atoms with Gasteiger partial charge in [0.2, 0.25) is 11.8 Å². The number of hydrogen-bond donors (Lipinski definition) is 1. The van der Waals surface area contributed by atoms with Gasteiger partial charge in [0.1, 0.15) is 11.4 Å². The van der Waals surface area contributed by atoms with Crippen molar-refractivity contribution in [2.24, 2.45) is 11.8 Å². The zero-order valence-electron chi connectivity index (χ0n) is 15.2. The van der Waals surface area contributed by atoms with Crippen LogP contribution in [0.15, 0.2) is 30.4 Å². The molecule has 2 bridgehead atoms. The number of nitrogens with zero attached hydrogens (tertiary/aromatic N) is 2. The molecule has 7 nitrogen and oxygen atoms in total. The molecule has 8 heteroatoms. The molecule has 1 N–H and O–H groups in total. The number of nitrogens with one attached hydrogen (secondary N) is 1. The van der Waals surface area contributed by atoms with Crippen LogP contribution >= 0.6 is 0 Å². The van der Waals surface area contributed by atoms with Crippen LogP contribution in [-0.2, 0) is 14.3 Å². The Kier molecular flexibility index (Phi) is 3.85. The predicted molar refractivity (Wildman–Crippen MR) is 94.4 cm³/mol. The number of likely N-dealkylation sites (N-methyl/N-ethyl adjacent to an activating group) is 1. The molecule has 1 aromatic carbocycles. The van der Waals surface area contributed by atoms with Gasteiger partial charge in [-0.05, 0) is 18.2 Å². The number of carbonyl (C=O) groups excluding carboxylic acids is 3. The van der Waals surface area contributed by atoms with Crippen LogP contribution in [-0.4, -0.2) is 66.9 Å². The molecule has 0 saturated carbocycles. The molecule has 0 unspecified atom stereocenters. The first kappa shape index (κ1) is 17.7. The van der Waals surface area contributed by atoms with Crippen LogP contribution in [0, 0.1) is 17.7 Å². The van der Waals surface area contributed by atoms with Gasteiger partial charge < -0.3 is 19.9 Å². The summed E-state index contributed by atoms with van der Waals surface area (Å²) in [5.41, 5.74) is -0.454. The van der Waals surface area contributed by atoms with Crippen molar-refractivity contribution < 1.29 is 23.5 Å². The number of hydrogen-bond acceptors (Lipinski definition) is 4. The third-order valence-electron chi connectivity index (χ3n) is 5.41. The van der Waals surface area contributed by atoms with E-state index in [0.29, 0.717) is 6.54 Å². The minimum atomic E-state index is -0.757. The van der Waals surface area contributed by atoms with E-state index in [9.17, 15) is 18.8 Å². The number of carbonyl (C=O) groups is 3. The van der Waals surface area contributed by atoms with Crippen LogP contribution in [0.5, 0.6) is 0 Å². The Hall–Kier alpha value is -2.74. The number of ether oxygens (including phenoxy) is 1. The minimum absolute atomic E-state index is 0.132. The second-order valence-electron chi connectivity index (χ2n) is 7.51. The SMILES string of the molecule is CN(C)C(=O)c1cc(F)cc(NC(=O)[C@H]2[C@@H]3C=C[C@@]4(CN(C)C(=O)[C@@H]24)O3)c1. The Balaban J connectivity index is 1.59. The largest absolute Gasteiger partial charge is 0.360 e. The highest BCUT2D eigenvalue weighted by molar-refractivity contribution is 6.00. The minimum Gasteiger partial charge on any atom is -0.360 e. The molecule has 2 fully saturated rings. The van der Waals surface area contributed by atoms with Crippen molar-refractivity contribution in [3.63, 3.8) is 0 Å². The van der Waals surface area contributed by atoms with Crippen LogP contribution in [0.4, 0.5) is 10.1 Å². The molecule has 0 aromatic heterocycles. The van der Waals surface area contributed by atoms with Gasteiger partial charge in [-0.1, -0.05) is 12.2 Å². The molecule has 0 aliphatic carbocycles. The van der Waals surface area contributed by atoms with E-state index in [4.69, 9.17) is 4.74 Å². The fourth-order valence-corrected chi connectivity index (χ4v) is 4.26. The van der Waals surface area contributed by atoms with E-state index in [1.165, 1.54) is 11.0 Å². The van der Waals surface area contributed by atoms with Crippen molar-refractivity contribution in [1.29, 1.82) is 0 Å². The molecule has 1 spiro atoms. The van der Waals surface area contributed by atoms with E-state index >= 15 is 0 Å². The number of rotatable bonds is 3. The van der Waals surface area contributed by atoms with E-state index in [2.05, 4.69) is 5.32 Å². The first-order valence-corrected chi connectivity index (χ1v) is 8.67. The number of benzene rings is 1. The Bertz CT molecular complexity index is 884. The highest BCUT2D eigenvalue weighted by Crippen LogP contribution is 2.51. The topological polar surface area (TPSA) is 79.0 Å². The first-order chi connectivity index (χ1) is 12.7. The number of amides is 3. The van der Waals surface area contributed by atoms with E-state index in [0.717, 1.165) is 12.1 Å². The summed E-state index contributed by atoms with van der Waals surface area (Å²) in [6.07, 6.45) is 3.19. The van der Waals surface area contributed by atoms with Crippen LogP contribution in [0.3, 0.4) is 0 Å². The third kappa shape index (κ3) is 2.63. The van der Waals surface area contributed by atoms with E-state index in [-0.39, 0.29) is 23.1 Å². The van der Waals surface area contributed by atoms with Crippen LogP contribution in [0.1, 0.15) is 10.4 Å². The van der Waals surface area contributed by atoms with Gasteiger partial charge in [0.25, 0.3) is 5.91 Å². The summed E-state index contributed by atoms with van der Waals surface area (Å²) in [7, 11) is 4.80. The lowest BCUT2D eigenvalue weighted by molar-refractivity contribution is -0.134. The van der Waals surface area contributed by atoms with Crippen molar-refractivity contribution >= 4 is 23.4 Å². The van der Waals surface area contributed by atoms with Gasteiger partial charge in [0, 0.05) is 32.4 Å². The molecule has 4 atom stereocenters. The van der Waals surface area contributed by atoms with Crippen molar-refractivity contribution in [2.45, 2.75) is 11.7 Å². The lowest BCUT2D eigenvalue weighted by atomic mass is 9.77. The first-order valence-electron chi connectivity index (χ1n) is 8.67. The maximum absolute atomic E-state index is 13.9. The molecule has 0 radical (unpaired) electrons. The fourth-order valence-electron chi connectivity index (χ4n) is 4.26. The summed E-state index contributed by atoms with van der Waals surface area (Å²) in [6, 6.07) is 3.68. The van der Waals surface area contributed by atoms with Crippen LogP contribution < -0.4 is 5.32 Å². The van der Waals surface area contributed by atoms with Gasteiger partial charge in [0.15, 0.2) is 0 Å². The molecule has 2 saturated heterocycles. The summed E-state index contributed by atoms with van der Waals surface area (Å²) in [5, 5.41) is 2.65. The van der Waals surface area contributed by atoms with Crippen molar-refractivity contribution in [3.05, 3.63) is 41.7 Å². The zero-order valence-corrected chi connectivity index (χ0v) is 15.2. The van der Waals surface area contributed by atoms with E-state index in [1.807, 2.05) is 6.08 Å². The molecule has 3 amide bonds. The lowest BCUT2D eigenvalue weighted by Crippen LogP contribution is -2.41. The van der Waals surface area contributed by atoms with E-state index in [1.54, 1.807) is 32.1 Å². The lowest BCUT2D eigenvalue weighted by Gasteiger charge is -2.23. The molecule has 27 heavy (non-hydrogen) atoms. The average molecular weight is 373 g/mol. The summed E-state index contributed by atoms with van der Waals surface area (Å²) in [4.78, 5) is 40.4. The summed E-state index contributed by atoms with van der Waals surface area (Å²) in [5.74, 6) is -2.84. The Labute approximate surface area is 155 Å². The molecule has 3 aliphatic heterocycles. The standard InChI is InChI=1S/C19H20FN3O4/c1-22(2)17(25)10-6-11(20)8-12(7-10)21-16(24)14-13-4-5-19(27-13)9-23(3)18(26)15(14)19/h4-8,13-15H,9H2,1-3H3,(H,21,24)/t13-,14-,15+,19-/m0/s1. The van der Waals surface area contributed by atoms with Gasteiger partial charge in [-0.3, -0.25) is 14.4 Å². The number of fused-ring (bicyclic) bond motifs is 1. The van der Waals surface area contributed by atoms with Crippen LogP contribution in [0.2, 0.25) is 0 Å². The highest BCUT2D eigenvalue weighted by Gasteiger charge is 2.66. The maximum Gasteiger partial charge on any atom is 0.253 e. The van der Waals surface area contributed by atoms with Crippen LogP contribution in [0.25, 0.3) is 0 Å². The second-order valence-corrected chi connectivity index (χ2v) is 7.51. The number of halogens is 1. The molecular formula is C19H20FN3O4. The molecule has 3 aliphatic rings. The maximum atomic E-state index is 13.9. The van der Waals surface area contributed by atoms with Gasteiger partial charge in [-0.25, -0.2) is 4.39 Å². The monoisotopic (exact) mass is 373 g/mol. The fraction of sp³-hybridized carbons (Fsp3) is 0.421. The van der Waals surface area contributed by atoms with Gasteiger partial charge >= 0.3 is 0 Å². The summed E-state index contributed by atoms with van der Waals surface area (Å²) >= 11 is 0. The van der Waals surface area contributed by atoms with Gasteiger partial charge in [0.05, 0.1) is 24.5 Å². The van der Waals surface area contributed by atoms with Gasteiger partial charge in [-0.15, -0.1) is 0 Å².